The van der Waals surface area contributed by atoms with Gasteiger partial charge in [0.1, 0.15) is 0 Å². The zero-order valence-electron chi connectivity index (χ0n) is 10.3. The lowest BCUT2D eigenvalue weighted by Gasteiger charge is -2.19. The average Bonchev–Trinajstić information content (AvgIpc) is 2.77. The largest absolute Gasteiger partial charge is 0.394 e. The fourth-order valence-corrected chi connectivity index (χ4v) is 2.28. The van der Waals surface area contributed by atoms with E-state index in [0.717, 1.165) is 24.9 Å². The van der Waals surface area contributed by atoms with Crippen LogP contribution in [0.2, 0.25) is 0 Å². The van der Waals surface area contributed by atoms with Gasteiger partial charge in [0.25, 0.3) is 0 Å². The highest BCUT2D eigenvalue weighted by atomic mass is 16.5. The first-order chi connectivity index (χ1) is 8.29. The molecule has 1 aromatic rings. The van der Waals surface area contributed by atoms with Gasteiger partial charge in [0, 0.05) is 6.54 Å². The maximum Gasteiger partial charge on any atom is 0.0704 e. The van der Waals surface area contributed by atoms with Gasteiger partial charge in [0.15, 0.2) is 0 Å². The second-order valence-corrected chi connectivity index (χ2v) is 4.70. The Morgan fingerprint density at radius 1 is 1.35 bits per heavy atom. The zero-order valence-corrected chi connectivity index (χ0v) is 10.3. The van der Waals surface area contributed by atoms with Gasteiger partial charge in [-0.1, -0.05) is 30.3 Å². The number of ether oxygens (including phenoxy) is 1. The van der Waals surface area contributed by atoms with Crippen LogP contribution in [0.4, 0.5) is 0 Å². The van der Waals surface area contributed by atoms with Crippen LogP contribution in [-0.4, -0.2) is 30.5 Å². The van der Waals surface area contributed by atoms with Crippen molar-refractivity contribution >= 4 is 0 Å². The van der Waals surface area contributed by atoms with Crippen molar-refractivity contribution in [2.45, 2.75) is 38.0 Å². The van der Waals surface area contributed by atoms with Crippen LogP contribution >= 0.6 is 0 Å². The van der Waals surface area contributed by atoms with Gasteiger partial charge in [-0.05, 0) is 25.3 Å². The molecule has 2 N–H and O–H groups in total. The predicted octanol–water partition coefficient (Wildman–Crippen LogP) is 1.88. The first kappa shape index (κ1) is 12.6. The van der Waals surface area contributed by atoms with E-state index in [1.54, 1.807) is 0 Å². The highest BCUT2D eigenvalue weighted by Crippen LogP contribution is 2.19. The van der Waals surface area contributed by atoms with Gasteiger partial charge in [0.2, 0.25) is 0 Å². The van der Waals surface area contributed by atoms with Crippen molar-refractivity contribution in [1.82, 2.24) is 5.32 Å². The summed E-state index contributed by atoms with van der Waals surface area (Å²) in [5.41, 5.74) is 1.13. The number of rotatable bonds is 5. The molecule has 0 aromatic heterocycles. The molecule has 0 bridgehead atoms. The van der Waals surface area contributed by atoms with Crippen molar-refractivity contribution in [2.75, 3.05) is 13.2 Å². The summed E-state index contributed by atoms with van der Waals surface area (Å²) in [7, 11) is 0. The van der Waals surface area contributed by atoms with E-state index < -0.39 is 0 Å². The van der Waals surface area contributed by atoms with E-state index in [-0.39, 0.29) is 12.6 Å². The molecule has 3 heteroatoms. The van der Waals surface area contributed by atoms with Gasteiger partial charge >= 0.3 is 0 Å². The minimum atomic E-state index is 0.00991. The summed E-state index contributed by atoms with van der Waals surface area (Å²) in [6.45, 7) is 3.04. The van der Waals surface area contributed by atoms with Gasteiger partial charge in [-0.2, -0.15) is 0 Å². The Bertz CT molecular complexity index is 328. The molecule has 0 radical (unpaired) electrons. The Hall–Kier alpha value is -0.900. The predicted molar refractivity (Wildman–Crippen MR) is 67.8 cm³/mol. The summed E-state index contributed by atoms with van der Waals surface area (Å²) in [6, 6.07) is 10.1. The molecule has 2 rings (SSSR count). The number of benzene rings is 1. The van der Waals surface area contributed by atoms with E-state index in [1.807, 2.05) is 30.3 Å². The van der Waals surface area contributed by atoms with Gasteiger partial charge in [-0.3, -0.25) is 0 Å². The molecule has 3 nitrogen and oxygen atoms in total. The van der Waals surface area contributed by atoms with Crippen molar-refractivity contribution in [2.24, 2.45) is 0 Å². The number of hydrogen-bond acceptors (Lipinski definition) is 3. The normalized spacial score (nSPS) is 26.0. The lowest BCUT2D eigenvalue weighted by atomic mass is 10.1. The SMILES string of the molecule is CC1CCC(CN[C@H](CO)c2ccccc2)O1. The molecule has 1 aliphatic rings. The highest BCUT2D eigenvalue weighted by Gasteiger charge is 2.22. The molecular weight excluding hydrogens is 214 g/mol. The van der Waals surface area contributed by atoms with Crippen molar-refractivity contribution in [3.05, 3.63) is 35.9 Å². The quantitative estimate of drug-likeness (QED) is 0.818. The van der Waals surface area contributed by atoms with Crippen LogP contribution in [0.25, 0.3) is 0 Å². The van der Waals surface area contributed by atoms with Crippen molar-refractivity contribution < 1.29 is 9.84 Å². The lowest BCUT2D eigenvalue weighted by Crippen LogP contribution is -2.32. The molecule has 1 aromatic carbocycles. The van der Waals surface area contributed by atoms with Crippen LogP contribution in [-0.2, 0) is 4.74 Å². The van der Waals surface area contributed by atoms with E-state index in [9.17, 15) is 5.11 Å². The maximum absolute atomic E-state index is 9.40. The molecule has 2 unspecified atom stereocenters. The second kappa shape index (κ2) is 6.15. The van der Waals surface area contributed by atoms with Crippen molar-refractivity contribution in [1.29, 1.82) is 0 Å². The Balaban J connectivity index is 1.84. The van der Waals surface area contributed by atoms with Crippen molar-refractivity contribution in [3.8, 4) is 0 Å². The van der Waals surface area contributed by atoms with Crippen LogP contribution in [0.15, 0.2) is 30.3 Å². The lowest BCUT2D eigenvalue weighted by molar-refractivity contribution is 0.0527. The summed E-state index contributed by atoms with van der Waals surface area (Å²) in [5.74, 6) is 0. The number of aliphatic hydroxyl groups is 1. The van der Waals surface area contributed by atoms with Gasteiger partial charge < -0.3 is 15.2 Å². The monoisotopic (exact) mass is 235 g/mol. The van der Waals surface area contributed by atoms with Crippen LogP contribution in [0.5, 0.6) is 0 Å². The number of aliphatic hydroxyl groups excluding tert-OH is 1. The van der Waals surface area contributed by atoms with Crippen LogP contribution in [0.3, 0.4) is 0 Å². The van der Waals surface area contributed by atoms with E-state index in [4.69, 9.17) is 4.74 Å². The first-order valence-corrected chi connectivity index (χ1v) is 6.34. The first-order valence-electron chi connectivity index (χ1n) is 6.34. The summed E-state index contributed by atoms with van der Waals surface area (Å²) in [6.07, 6.45) is 2.93. The van der Waals surface area contributed by atoms with Crippen LogP contribution in [0, 0.1) is 0 Å². The second-order valence-electron chi connectivity index (χ2n) is 4.70. The van der Waals surface area contributed by atoms with Crippen molar-refractivity contribution in [3.63, 3.8) is 0 Å². The minimum Gasteiger partial charge on any atom is -0.394 e. The number of hydrogen-bond donors (Lipinski definition) is 2. The van der Waals surface area contributed by atoms with Gasteiger partial charge in [0.05, 0.1) is 24.9 Å². The molecule has 1 aliphatic heterocycles. The minimum absolute atomic E-state index is 0.00991. The summed E-state index contributed by atoms with van der Waals surface area (Å²) < 4.78 is 5.75. The topological polar surface area (TPSA) is 41.5 Å². The van der Waals surface area contributed by atoms with Gasteiger partial charge in [-0.25, -0.2) is 0 Å². The van der Waals surface area contributed by atoms with Gasteiger partial charge in [-0.15, -0.1) is 0 Å². The molecule has 0 saturated carbocycles. The Kier molecular flexibility index (Phi) is 4.54. The molecule has 0 aliphatic carbocycles. The molecule has 0 amide bonds. The summed E-state index contributed by atoms with van der Waals surface area (Å²) in [5, 5.41) is 12.8. The Morgan fingerprint density at radius 2 is 2.12 bits per heavy atom. The molecule has 1 heterocycles. The molecule has 94 valence electrons. The molecule has 3 atom stereocenters. The fraction of sp³-hybridized carbons (Fsp3) is 0.571. The maximum atomic E-state index is 9.40. The molecule has 1 saturated heterocycles. The Morgan fingerprint density at radius 3 is 2.71 bits per heavy atom. The molecule has 0 spiro atoms. The zero-order chi connectivity index (χ0) is 12.1. The number of nitrogens with one attached hydrogen (secondary N) is 1. The Labute approximate surface area is 103 Å². The fourth-order valence-electron chi connectivity index (χ4n) is 2.28. The average molecular weight is 235 g/mol. The van der Waals surface area contributed by atoms with E-state index >= 15 is 0 Å². The third kappa shape index (κ3) is 3.53. The molecule has 1 fully saturated rings. The van der Waals surface area contributed by atoms with E-state index in [2.05, 4.69) is 12.2 Å². The molecule has 17 heavy (non-hydrogen) atoms. The summed E-state index contributed by atoms with van der Waals surface area (Å²) in [4.78, 5) is 0. The third-order valence-corrected chi connectivity index (χ3v) is 3.30. The summed E-state index contributed by atoms with van der Waals surface area (Å²) >= 11 is 0. The standard InChI is InChI=1S/C14H21NO2/c1-11-7-8-13(17-11)9-15-14(10-16)12-5-3-2-4-6-12/h2-6,11,13-16H,7-10H2,1H3/t11?,13?,14-/m1/s1. The van der Waals surface area contributed by atoms with E-state index in [1.165, 1.54) is 0 Å². The third-order valence-electron chi connectivity index (χ3n) is 3.30. The molecular formula is C14H21NO2. The highest BCUT2D eigenvalue weighted by molar-refractivity contribution is 5.18. The smallest absolute Gasteiger partial charge is 0.0704 e. The van der Waals surface area contributed by atoms with Crippen LogP contribution in [0.1, 0.15) is 31.4 Å². The van der Waals surface area contributed by atoms with Crippen LogP contribution < -0.4 is 5.32 Å². The van der Waals surface area contributed by atoms with E-state index in [0.29, 0.717) is 12.2 Å².